The number of hydrogen-bond acceptors (Lipinski definition) is 1. The molecular weight excluding hydrogens is 182 g/mol. The van der Waals surface area contributed by atoms with E-state index in [1.165, 1.54) is 11.1 Å². The number of hydrogen-bond donors (Lipinski definition) is 1. The molecule has 0 spiro atoms. The van der Waals surface area contributed by atoms with Gasteiger partial charge in [-0.25, -0.2) is 0 Å². The monoisotopic (exact) mass is 197 g/mol. The molecule has 0 amide bonds. The smallest absolute Gasteiger partial charge is 0.0432 e. The maximum atomic E-state index is 5.81. The number of benzene rings is 1. The van der Waals surface area contributed by atoms with E-state index in [1.807, 2.05) is 6.92 Å². The minimum Gasteiger partial charge on any atom is -0.311 e. The molecule has 1 aromatic rings. The van der Waals surface area contributed by atoms with E-state index in [1.54, 1.807) is 0 Å². The summed E-state index contributed by atoms with van der Waals surface area (Å²) in [7, 11) is 0. The molecule has 1 nitrogen and oxygen atoms in total. The van der Waals surface area contributed by atoms with Crippen molar-refractivity contribution in [3.05, 3.63) is 35.4 Å². The Kier molecular flexibility index (Phi) is 4.26. The SMILES string of the molecule is Cc1ccc(CNCC(C)Cl)cc1. The molecule has 0 aromatic heterocycles. The highest BCUT2D eigenvalue weighted by Crippen LogP contribution is 2.02. The molecule has 1 atom stereocenters. The highest BCUT2D eigenvalue weighted by Gasteiger charge is 1.95. The quantitative estimate of drug-likeness (QED) is 0.732. The molecule has 1 rings (SSSR count). The van der Waals surface area contributed by atoms with E-state index in [4.69, 9.17) is 11.6 Å². The average Bonchev–Trinajstić information content (AvgIpc) is 2.08. The minimum absolute atomic E-state index is 0.199. The largest absolute Gasteiger partial charge is 0.311 e. The highest BCUT2D eigenvalue weighted by molar-refractivity contribution is 6.20. The lowest BCUT2D eigenvalue weighted by molar-refractivity contribution is 0.680. The molecule has 0 saturated carbocycles. The summed E-state index contributed by atoms with van der Waals surface area (Å²) in [5.74, 6) is 0. The van der Waals surface area contributed by atoms with Crippen LogP contribution in [-0.4, -0.2) is 11.9 Å². The minimum atomic E-state index is 0.199. The van der Waals surface area contributed by atoms with Crippen LogP contribution in [0.25, 0.3) is 0 Å². The Morgan fingerprint density at radius 3 is 2.46 bits per heavy atom. The lowest BCUT2D eigenvalue weighted by atomic mass is 10.1. The first-order valence-corrected chi connectivity index (χ1v) is 5.02. The van der Waals surface area contributed by atoms with E-state index in [9.17, 15) is 0 Å². The van der Waals surface area contributed by atoms with Crippen molar-refractivity contribution in [2.24, 2.45) is 0 Å². The Morgan fingerprint density at radius 1 is 1.31 bits per heavy atom. The summed E-state index contributed by atoms with van der Waals surface area (Å²) in [6, 6.07) is 8.53. The predicted molar refractivity (Wildman–Crippen MR) is 58.2 cm³/mol. The van der Waals surface area contributed by atoms with Gasteiger partial charge in [0, 0.05) is 18.5 Å². The summed E-state index contributed by atoms with van der Waals surface area (Å²) in [6.45, 7) is 5.84. The lowest BCUT2D eigenvalue weighted by Crippen LogP contribution is -2.20. The molecule has 0 aliphatic rings. The third-order valence-electron chi connectivity index (χ3n) is 1.88. The summed E-state index contributed by atoms with van der Waals surface area (Å²) in [5, 5.41) is 3.49. The van der Waals surface area contributed by atoms with Gasteiger partial charge in [-0.1, -0.05) is 29.8 Å². The van der Waals surface area contributed by atoms with E-state index in [0.717, 1.165) is 13.1 Å². The number of halogens is 1. The molecule has 2 heteroatoms. The van der Waals surface area contributed by atoms with Crippen molar-refractivity contribution in [3.63, 3.8) is 0 Å². The van der Waals surface area contributed by atoms with Gasteiger partial charge in [0.15, 0.2) is 0 Å². The van der Waals surface area contributed by atoms with E-state index in [-0.39, 0.29) is 5.38 Å². The lowest BCUT2D eigenvalue weighted by Gasteiger charge is -2.06. The second-order valence-corrected chi connectivity index (χ2v) is 4.14. The Bertz CT molecular complexity index is 241. The number of aryl methyl sites for hydroxylation is 1. The predicted octanol–water partition coefficient (Wildman–Crippen LogP) is 2.71. The number of rotatable bonds is 4. The fourth-order valence-corrected chi connectivity index (χ4v) is 1.23. The molecular formula is C11H16ClN. The molecule has 1 unspecified atom stereocenters. The molecule has 0 bridgehead atoms. The normalized spacial score (nSPS) is 12.8. The summed E-state index contributed by atoms with van der Waals surface area (Å²) in [4.78, 5) is 0. The van der Waals surface area contributed by atoms with Crippen LogP contribution in [0.2, 0.25) is 0 Å². The zero-order valence-electron chi connectivity index (χ0n) is 8.18. The van der Waals surface area contributed by atoms with Crippen molar-refractivity contribution >= 4 is 11.6 Å². The molecule has 0 saturated heterocycles. The average molecular weight is 198 g/mol. The Balaban J connectivity index is 2.33. The van der Waals surface area contributed by atoms with Crippen molar-refractivity contribution in [1.82, 2.24) is 5.32 Å². The molecule has 0 aliphatic heterocycles. The summed E-state index contributed by atoms with van der Waals surface area (Å²) in [6.07, 6.45) is 0. The molecule has 13 heavy (non-hydrogen) atoms. The van der Waals surface area contributed by atoms with Gasteiger partial charge >= 0.3 is 0 Å². The molecule has 1 N–H and O–H groups in total. The van der Waals surface area contributed by atoms with E-state index in [2.05, 4.69) is 36.5 Å². The zero-order valence-corrected chi connectivity index (χ0v) is 8.93. The first kappa shape index (κ1) is 10.6. The Labute approximate surface area is 85.1 Å². The standard InChI is InChI=1S/C11H16ClN/c1-9-3-5-11(6-4-9)8-13-7-10(2)12/h3-6,10,13H,7-8H2,1-2H3. The fraction of sp³-hybridized carbons (Fsp3) is 0.455. The first-order chi connectivity index (χ1) is 6.18. The van der Waals surface area contributed by atoms with Gasteiger partial charge < -0.3 is 5.32 Å². The van der Waals surface area contributed by atoms with Gasteiger partial charge in [0.05, 0.1) is 0 Å². The highest BCUT2D eigenvalue weighted by atomic mass is 35.5. The van der Waals surface area contributed by atoms with Crippen molar-refractivity contribution < 1.29 is 0 Å². The van der Waals surface area contributed by atoms with Gasteiger partial charge in [-0.2, -0.15) is 0 Å². The van der Waals surface area contributed by atoms with Gasteiger partial charge in [-0.3, -0.25) is 0 Å². The van der Waals surface area contributed by atoms with Gasteiger partial charge in [-0.15, -0.1) is 11.6 Å². The van der Waals surface area contributed by atoms with Gasteiger partial charge in [-0.05, 0) is 19.4 Å². The van der Waals surface area contributed by atoms with Crippen molar-refractivity contribution in [1.29, 1.82) is 0 Å². The summed E-state index contributed by atoms with van der Waals surface area (Å²) in [5.41, 5.74) is 2.61. The van der Waals surface area contributed by atoms with Crippen molar-refractivity contribution in [2.75, 3.05) is 6.54 Å². The van der Waals surface area contributed by atoms with Crippen LogP contribution in [0.1, 0.15) is 18.1 Å². The van der Waals surface area contributed by atoms with Crippen LogP contribution in [0.3, 0.4) is 0 Å². The maximum absolute atomic E-state index is 5.81. The van der Waals surface area contributed by atoms with Crippen molar-refractivity contribution in [3.8, 4) is 0 Å². The Hall–Kier alpha value is -0.530. The van der Waals surface area contributed by atoms with Crippen LogP contribution in [0.15, 0.2) is 24.3 Å². The molecule has 0 aliphatic carbocycles. The first-order valence-electron chi connectivity index (χ1n) is 4.59. The zero-order chi connectivity index (χ0) is 9.68. The Morgan fingerprint density at radius 2 is 1.92 bits per heavy atom. The third kappa shape index (κ3) is 4.30. The molecule has 1 aromatic carbocycles. The van der Waals surface area contributed by atoms with Gasteiger partial charge in [0.1, 0.15) is 0 Å². The number of nitrogens with one attached hydrogen (secondary N) is 1. The third-order valence-corrected chi connectivity index (χ3v) is 2.03. The van der Waals surface area contributed by atoms with Gasteiger partial charge in [0.2, 0.25) is 0 Å². The van der Waals surface area contributed by atoms with Crippen LogP contribution >= 0.6 is 11.6 Å². The summed E-state index contributed by atoms with van der Waals surface area (Å²) >= 11 is 5.81. The molecule has 0 fully saturated rings. The van der Waals surface area contributed by atoms with E-state index < -0.39 is 0 Å². The molecule has 0 radical (unpaired) electrons. The maximum Gasteiger partial charge on any atom is 0.0432 e. The topological polar surface area (TPSA) is 12.0 Å². The van der Waals surface area contributed by atoms with Crippen LogP contribution in [0.5, 0.6) is 0 Å². The second kappa shape index (κ2) is 5.25. The van der Waals surface area contributed by atoms with Crippen LogP contribution in [-0.2, 0) is 6.54 Å². The summed E-state index contributed by atoms with van der Waals surface area (Å²) < 4.78 is 0. The number of alkyl halides is 1. The van der Waals surface area contributed by atoms with Crippen LogP contribution in [0, 0.1) is 6.92 Å². The molecule has 0 heterocycles. The van der Waals surface area contributed by atoms with E-state index in [0.29, 0.717) is 0 Å². The van der Waals surface area contributed by atoms with Gasteiger partial charge in [0.25, 0.3) is 0 Å². The van der Waals surface area contributed by atoms with Crippen molar-refractivity contribution in [2.45, 2.75) is 25.8 Å². The fourth-order valence-electron chi connectivity index (χ4n) is 1.12. The van der Waals surface area contributed by atoms with Crippen LogP contribution in [0.4, 0.5) is 0 Å². The second-order valence-electron chi connectivity index (χ2n) is 3.40. The van der Waals surface area contributed by atoms with Crippen LogP contribution < -0.4 is 5.32 Å². The molecule has 72 valence electrons. The van der Waals surface area contributed by atoms with E-state index >= 15 is 0 Å².